The van der Waals surface area contributed by atoms with Crippen LogP contribution >= 0.6 is 0 Å². The molecule has 1 heterocycles. The lowest BCUT2D eigenvalue weighted by atomic mass is 10.1. The van der Waals surface area contributed by atoms with Crippen molar-refractivity contribution in [3.63, 3.8) is 0 Å². The fourth-order valence-corrected chi connectivity index (χ4v) is 2.64. The number of benzene rings is 2. The van der Waals surface area contributed by atoms with Gasteiger partial charge in [0, 0.05) is 17.5 Å². The number of rotatable bonds is 5. The predicted molar refractivity (Wildman–Crippen MR) is 94.4 cm³/mol. The number of carbonyl (C=O) groups excluding carboxylic acids is 1. The van der Waals surface area contributed by atoms with Gasteiger partial charge in [-0.15, -0.1) is 0 Å². The molecule has 2 aromatic carbocycles. The first-order valence-corrected chi connectivity index (χ1v) is 8.03. The van der Waals surface area contributed by atoms with Gasteiger partial charge < -0.3 is 13.9 Å². The molecule has 0 aliphatic rings. The van der Waals surface area contributed by atoms with Gasteiger partial charge in [-0.2, -0.15) is 0 Å². The SMILES string of the molecule is CCCc1cc(=O)oc2cc(OC(=O)c3ccc(OC)cc3)ccc12. The van der Waals surface area contributed by atoms with Crippen molar-refractivity contribution in [1.82, 2.24) is 0 Å². The van der Waals surface area contributed by atoms with Crippen molar-refractivity contribution in [2.24, 2.45) is 0 Å². The Morgan fingerprint density at radius 1 is 1.04 bits per heavy atom. The van der Waals surface area contributed by atoms with Crippen LogP contribution in [0.5, 0.6) is 11.5 Å². The summed E-state index contributed by atoms with van der Waals surface area (Å²) in [6.07, 6.45) is 1.71. The molecule has 3 aromatic rings. The van der Waals surface area contributed by atoms with Crippen LogP contribution in [0.15, 0.2) is 57.7 Å². The lowest BCUT2D eigenvalue weighted by molar-refractivity contribution is 0.0735. The van der Waals surface area contributed by atoms with E-state index in [0.29, 0.717) is 22.6 Å². The van der Waals surface area contributed by atoms with Crippen LogP contribution in [0, 0.1) is 0 Å². The zero-order valence-corrected chi connectivity index (χ0v) is 14.1. The largest absolute Gasteiger partial charge is 0.497 e. The minimum Gasteiger partial charge on any atom is -0.497 e. The van der Waals surface area contributed by atoms with E-state index in [1.807, 2.05) is 6.92 Å². The van der Waals surface area contributed by atoms with Gasteiger partial charge in [0.25, 0.3) is 0 Å². The van der Waals surface area contributed by atoms with Crippen LogP contribution in [0.2, 0.25) is 0 Å². The molecule has 128 valence electrons. The van der Waals surface area contributed by atoms with Gasteiger partial charge >= 0.3 is 11.6 Å². The first-order chi connectivity index (χ1) is 12.1. The van der Waals surface area contributed by atoms with Crippen molar-refractivity contribution < 1.29 is 18.7 Å². The Kier molecular flexibility index (Phi) is 4.84. The topological polar surface area (TPSA) is 65.7 Å². The summed E-state index contributed by atoms with van der Waals surface area (Å²) in [5, 5.41) is 0.852. The summed E-state index contributed by atoms with van der Waals surface area (Å²) in [6.45, 7) is 2.05. The van der Waals surface area contributed by atoms with Crippen LogP contribution in [-0.4, -0.2) is 13.1 Å². The molecule has 1 aromatic heterocycles. The quantitative estimate of drug-likeness (QED) is 0.400. The Morgan fingerprint density at radius 2 is 1.76 bits per heavy atom. The predicted octanol–water partition coefficient (Wildman–Crippen LogP) is 3.97. The van der Waals surface area contributed by atoms with Crippen molar-refractivity contribution in [2.45, 2.75) is 19.8 Å². The molecule has 0 bridgehead atoms. The van der Waals surface area contributed by atoms with E-state index >= 15 is 0 Å². The Hall–Kier alpha value is -3.08. The van der Waals surface area contributed by atoms with Crippen molar-refractivity contribution >= 4 is 16.9 Å². The maximum atomic E-state index is 12.2. The van der Waals surface area contributed by atoms with Crippen LogP contribution in [0.4, 0.5) is 0 Å². The molecule has 5 heteroatoms. The molecule has 5 nitrogen and oxygen atoms in total. The first-order valence-electron chi connectivity index (χ1n) is 8.03. The van der Waals surface area contributed by atoms with Crippen molar-refractivity contribution in [3.8, 4) is 11.5 Å². The minimum atomic E-state index is -0.492. The van der Waals surface area contributed by atoms with Gasteiger partial charge in [-0.25, -0.2) is 9.59 Å². The molecule has 0 saturated carbocycles. The van der Waals surface area contributed by atoms with E-state index in [9.17, 15) is 9.59 Å². The van der Waals surface area contributed by atoms with Crippen LogP contribution in [0.1, 0.15) is 29.3 Å². The Balaban J connectivity index is 1.88. The third-order valence-electron chi connectivity index (χ3n) is 3.86. The summed E-state index contributed by atoms with van der Waals surface area (Å²) in [5.74, 6) is 0.492. The van der Waals surface area contributed by atoms with Gasteiger partial charge in [0.05, 0.1) is 12.7 Å². The van der Waals surface area contributed by atoms with Crippen LogP contribution in [0.3, 0.4) is 0 Å². The average Bonchev–Trinajstić information content (AvgIpc) is 2.61. The van der Waals surface area contributed by atoms with Gasteiger partial charge in [0.2, 0.25) is 0 Å². The number of esters is 1. The van der Waals surface area contributed by atoms with Crippen molar-refractivity contribution in [1.29, 1.82) is 0 Å². The maximum absolute atomic E-state index is 12.2. The number of carbonyl (C=O) groups is 1. The Morgan fingerprint density at radius 3 is 2.44 bits per heavy atom. The van der Waals surface area contributed by atoms with E-state index in [1.165, 1.54) is 6.07 Å². The molecule has 0 spiro atoms. The number of aryl methyl sites for hydroxylation is 1. The molecular weight excluding hydrogens is 320 g/mol. The Labute approximate surface area is 144 Å². The Bertz CT molecular complexity index is 954. The summed E-state index contributed by atoms with van der Waals surface area (Å²) in [5.41, 5.74) is 1.34. The van der Waals surface area contributed by atoms with E-state index in [-0.39, 0.29) is 0 Å². The second-order valence-electron chi connectivity index (χ2n) is 5.62. The van der Waals surface area contributed by atoms with E-state index in [2.05, 4.69) is 0 Å². The number of methoxy groups -OCH3 is 1. The van der Waals surface area contributed by atoms with E-state index < -0.39 is 11.6 Å². The lowest BCUT2D eigenvalue weighted by Gasteiger charge is -2.08. The number of fused-ring (bicyclic) bond motifs is 1. The zero-order valence-electron chi connectivity index (χ0n) is 14.1. The summed E-state index contributed by atoms with van der Waals surface area (Å²) < 4.78 is 15.7. The van der Waals surface area contributed by atoms with E-state index in [4.69, 9.17) is 13.9 Å². The monoisotopic (exact) mass is 338 g/mol. The fourth-order valence-electron chi connectivity index (χ4n) is 2.64. The normalized spacial score (nSPS) is 10.6. The number of ether oxygens (including phenoxy) is 2. The van der Waals surface area contributed by atoms with Crippen LogP contribution in [-0.2, 0) is 6.42 Å². The van der Waals surface area contributed by atoms with Gasteiger partial charge in [-0.1, -0.05) is 13.3 Å². The van der Waals surface area contributed by atoms with Gasteiger partial charge in [-0.3, -0.25) is 0 Å². The molecule has 0 atom stereocenters. The average molecular weight is 338 g/mol. The minimum absolute atomic E-state index is 0.324. The molecule has 0 radical (unpaired) electrons. The standard InChI is InChI=1S/C20H18O5/c1-3-4-14-11-19(21)25-18-12-16(9-10-17(14)18)24-20(22)13-5-7-15(23-2)8-6-13/h5-12H,3-4H2,1-2H3. The lowest BCUT2D eigenvalue weighted by Crippen LogP contribution is -2.08. The van der Waals surface area contributed by atoms with Gasteiger partial charge in [-0.05, 0) is 48.4 Å². The summed E-state index contributed by atoms with van der Waals surface area (Å²) in [6, 6.07) is 13.2. The third kappa shape index (κ3) is 3.71. The molecule has 0 aliphatic heterocycles. The van der Waals surface area contributed by atoms with Gasteiger partial charge in [0.15, 0.2) is 0 Å². The molecule has 0 unspecified atom stereocenters. The third-order valence-corrected chi connectivity index (χ3v) is 3.86. The highest BCUT2D eigenvalue weighted by atomic mass is 16.5. The molecule has 0 N–H and O–H groups in total. The molecule has 3 rings (SSSR count). The second-order valence-corrected chi connectivity index (χ2v) is 5.62. The van der Waals surface area contributed by atoms with E-state index in [1.54, 1.807) is 49.6 Å². The van der Waals surface area contributed by atoms with Crippen molar-refractivity contribution in [3.05, 3.63) is 70.1 Å². The molecule has 0 aliphatic carbocycles. The maximum Gasteiger partial charge on any atom is 0.343 e. The highest BCUT2D eigenvalue weighted by Gasteiger charge is 2.11. The molecule has 0 saturated heterocycles. The highest BCUT2D eigenvalue weighted by Crippen LogP contribution is 2.24. The van der Waals surface area contributed by atoms with Crippen LogP contribution in [0.25, 0.3) is 11.0 Å². The number of hydrogen-bond donors (Lipinski definition) is 0. The smallest absolute Gasteiger partial charge is 0.343 e. The molecular formula is C20H18O5. The molecule has 0 amide bonds. The van der Waals surface area contributed by atoms with E-state index in [0.717, 1.165) is 23.8 Å². The first kappa shape index (κ1) is 16.8. The molecule has 0 fully saturated rings. The second kappa shape index (κ2) is 7.21. The zero-order chi connectivity index (χ0) is 17.8. The van der Waals surface area contributed by atoms with Crippen LogP contribution < -0.4 is 15.1 Å². The number of hydrogen-bond acceptors (Lipinski definition) is 5. The summed E-state index contributed by atoms with van der Waals surface area (Å²) >= 11 is 0. The summed E-state index contributed by atoms with van der Waals surface area (Å²) in [4.78, 5) is 23.9. The summed E-state index contributed by atoms with van der Waals surface area (Å²) in [7, 11) is 1.56. The van der Waals surface area contributed by atoms with Gasteiger partial charge in [0.1, 0.15) is 17.1 Å². The fraction of sp³-hybridized carbons (Fsp3) is 0.200. The molecule has 25 heavy (non-hydrogen) atoms. The highest BCUT2D eigenvalue weighted by molar-refractivity contribution is 5.92. The van der Waals surface area contributed by atoms with Crippen molar-refractivity contribution in [2.75, 3.05) is 7.11 Å².